The second-order valence-corrected chi connectivity index (χ2v) is 7.70. The van der Waals surface area contributed by atoms with Crippen LogP contribution < -0.4 is 4.72 Å². The van der Waals surface area contributed by atoms with E-state index in [0.717, 1.165) is 5.56 Å². The summed E-state index contributed by atoms with van der Waals surface area (Å²) in [5, 5.41) is 0. The number of methoxy groups -OCH3 is 1. The molecular formula is C19H21NO6S. The van der Waals surface area contributed by atoms with Gasteiger partial charge in [0.05, 0.1) is 17.6 Å². The molecule has 0 fully saturated rings. The third-order valence-corrected chi connectivity index (χ3v) is 5.21. The van der Waals surface area contributed by atoms with Crippen molar-refractivity contribution in [2.24, 2.45) is 0 Å². The van der Waals surface area contributed by atoms with E-state index in [1.807, 2.05) is 13.0 Å². The fraction of sp³-hybridized carbons (Fsp3) is 0.263. The lowest BCUT2D eigenvalue weighted by Gasteiger charge is -2.14. The Balaban J connectivity index is 2.30. The van der Waals surface area contributed by atoms with Gasteiger partial charge in [0.15, 0.2) is 6.10 Å². The van der Waals surface area contributed by atoms with Crippen molar-refractivity contribution in [3.05, 3.63) is 59.2 Å². The van der Waals surface area contributed by atoms with Gasteiger partial charge in [-0.3, -0.25) is 4.72 Å². The maximum atomic E-state index is 12.6. The molecule has 0 aliphatic rings. The van der Waals surface area contributed by atoms with Crippen LogP contribution in [-0.2, 0) is 24.3 Å². The Bertz CT molecular complexity index is 968. The van der Waals surface area contributed by atoms with Crippen LogP contribution in [0.5, 0.6) is 0 Å². The summed E-state index contributed by atoms with van der Waals surface area (Å²) in [6, 6.07) is 11.0. The average Bonchev–Trinajstić information content (AvgIpc) is 2.60. The molecule has 0 aromatic heterocycles. The van der Waals surface area contributed by atoms with Crippen molar-refractivity contribution in [3.63, 3.8) is 0 Å². The number of rotatable bonds is 6. The molecule has 1 N–H and O–H groups in total. The van der Waals surface area contributed by atoms with Crippen molar-refractivity contribution in [1.82, 2.24) is 0 Å². The van der Waals surface area contributed by atoms with E-state index >= 15 is 0 Å². The summed E-state index contributed by atoms with van der Waals surface area (Å²) in [6.07, 6.45) is -1.10. The summed E-state index contributed by atoms with van der Waals surface area (Å²) in [5.41, 5.74) is 1.89. The van der Waals surface area contributed by atoms with Crippen LogP contribution in [0.4, 0.5) is 5.69 Å². The number of nitrogens with one attached hydrogen (secondary N) is 1. The van der Waals surface area contributed by atoms with E-state index in [2.05, 4.69) is 9.46 Å². The molecule has 0 amide bonds. The van der Waals surface area contributed by atoms with E-state index in [4.69, 9.17) is 4.74 Å². The van der Waals surface area contributed by atoms with Crippen LogP contribution in [0.15, 0.2) is 47.4 Å². The SMILES string of the molecule is COC(=O)[C@@H](C)OC(=O)c1cc(S(=O)(=O)Nc2cccc(C)c2)ccc1C. The van der Waals surface area contributed by atoms with Crippen LogP contribution in [0.25, 0.3) is 0 Å². The predicted octanol–water partition coefficient (Wildman–Crippen LogP) is 2.82. The molecule has 2 aromatic rings. The molecule has 0 bridgehead atoms. The fourth-order valence-electron chi connectivity index (χ4n) is 2.35. The smallest absolute Gasteiger partial charge is 0.346 e. The van der Waals surface area contributed by atoms with E-state index in [9.17, 15) is 18.0 Å². The molecular weight excluding hydrogens is 370 g/mol. The lowest BCUT2D eigenvalue weighted by molar-refractivity contribution is -0.149. The van der Waals surface area contributed by atoms with Gasteiger partial charge in [-0.05, 0) is 56.2 Å². The van der Waals surface area contributed by atoms with Crippen LogP contribution in [-0.4, -0.2) is 33.6 Å². The summed E-state index contributed by atoms with van der Waals surface area (Å²) in [6.45, 7) is 4.86. The summed E-state index contributed by atoms with van der Waals surface area (Å²) >= 11 is 0. The highest BCUT2D eigenvalue weighted by atomic mass is 32.2. The lowest BCUT2D eigenvalue weighted by Crippen LogP contribution is -2.25. The van der Waals surface area contributed by atoms with E-state index in [1.54, 1.807) is 25.1 Å². The number of hydrogen-bond acceptors (Lipinski definition) is 6. The molecule has 0 saturated carbocycles. The first kappa shape index (κ1) is 20.4. The first-order chi connectivity index (χ1) is 12.6. The Morgan fingerprint density at radius 2 is 1.78 bits per heavy atom. The molecule has 8 heteroatoms. The molecule has 2 aromatic carbocycles. The number of anilines is 1. The summed E-state index contributed by atoms with van der Waals surface area (Å²) in [4.78, 5) is 23.7. The molecule has 7 nitrogen and oxygen atoms in total. The zero-order valence-electron chi connectivity index (χ0n) is 15.5. The van der Waals surface area contributed by atoms with Gasteiger partial charge >= 0.3 is 11.9 Å². The Kier molecular flexibility index (Phi) is 6.22. The highest BCUT2D eigenvalue weighted by molar-refractivity contribution is 7.92. The van der Waals surface area contributed by atoms with Gasteiger partial charge in [0.2, 0.25) is 0 Å². The van der Waals surface area contributed by atoms with Gasteiger partial charge in [0, 0.05) is 5.69 Å². The number of carbonyl (C=O) groups is 2. The van der Waals surface area contributed by atoms with Crippen LogP contribution >= 0.6 is 0 Å². The highest BCUT2D eigenvalue weighted by Gasteiger charge is 2.23. The third-order valence-electron chi connectivity index (χ3n) is 3.83. The van der Waals surface area contributed by atoms with Gasteiger partial charge in [0.1, 0.15) is 0 Å². The minimum absolute atomic E-state index is 0.0536. The van der Waals surface area contributed by atoms with Gasteiger partial charge in [-0.2, -0.15) is 0 Å². The molecule has 0 unspecified atom stereocenters. The fourth-order valence-corrected chi connectivity index (χ4v) is 3.42. The van der Waals surface area contributed by atoms with Gasteiger partial charge in [0.25, 0.3) is 10.0 Å². The molecule has 2 rings (SSSR count). The largest absolute Gasteiger partial charge is 0.466 e. The summed E-state index contributed by atoms with van der Waals surface area (Å²) < 4.78 is 37.3. The van der Waals surface area contributed by atoms with Crippen LogP contribution in [0.3, 0.4) is 0 Å². The molecule has 0 saturated heterocycles. The molecule has 0 aliphatic carbocycles. The second kappa shape index (κ2) is 8.22. The van der Waals surface area contributed by atoms with E-state index in [-0.39, 0.29) is 10.5 Å². The predicted molar refractivity (Wildman–Crippen MR) is 100 cm³/mol. The quantitative estimate of drug-likeness (QED) is 0.760. The summed E-state index contributed by atoms with van der Waals surface area (Å²) in [7, 11) is -2.72. The Morgan fingerprint density at radius 3 is 2.41 bits per heavy atom. The van der Waals surface area contributed by atoms with Crippen molar-refractivity contribution in [3.8, 4) is 0 Å². The van der Waals surface area contributed by atoms with Crippen LogP contribution in [0.1, 0.15) is 28.4 Å². The lowest BCUT2D eigenvalue weighted by atomic mass is 10.1. The normalized spacial score (nSPS) is 12.1. The number of ether oxygens (including phenoxy) is 2. The Morgan fingerprint density at radius 1 is 1.07 bits per heavy atom. The Labute approximate surface area is 158 Å². The highest BCUT2D eigenvalue weighted by Crippen LogP contribution is 2.21. The van der Waals surface area contributed by atoms with Gasteiger partial charge in [-0.25, -0.2) is 18.0 Å². The van der Waals surface area contributed by atoms with Crippen molar-refractivity contribution in [1.29, 1.82) is 0 Å². The number of benzene rings is 2. The topological polar surface area (TPSA) is 98.8 Å². The van der Waals surface area contributed by atoms with Gasteiger partial charge in [-0.15, -0.1) is 0 Å². The van der Waals surface area contributed by atoms with Crippen molar-refractivity contribution >= 4 is 27.6 Å². The van der Waals surface area contributed by atoms with Crippen molar-refractivity contribution in [2.75, 3.05) is 11.8 Å². The van der Waals surface area contributed by atoms with E-state index in [1.165, 1.54) is 32.2 Å². The number of esters is 2. The first-order valence-corrected chi connectivity index (χ1v) is 9.61. The number of hydrogen-bond donors (Lipinski definition) is 1. The summed E-state index contributed by atoms with van der Waals surface area (Å²) in [5.74, 6) is -1.51. The van der Waals surface area contributed by atoms with Gasteiger partial charge < -0.3 is 9.47 Å². The Hall–Kier alpha value is -2.87. The molecule has 1 atom stereocenters. The molecule has 0 heterocycles. The van der Waals surface area contributed by atoms with Crippen molar-refractivity contribution in [2.45, 2.75) is 31.8 Å². The van der Waals surface area contributed by atoms with E-state index in [0.29, 0.717) is 11.3 Å². The molecule has 144 valence electrons. The van der Waals surface area contributed by atoms with Gasteiger partial charge in [-0.1, -0.05) is 18.2 Å². The third kappa shape index (κ3) is 5.07. The van der Waals surface area contributed by atoms with Crippen LogP contribution in [0, 0.1) is 13.8 Å². The number of carbonyl (C=O) groups excluding carboxylic acids is 2. The zero-order chi connectivity index (χ0) is 20.2. The molecule has 0 spiro atoms. The standard InChI is InChI=1S/C19H21NO6S/c1-12-6-5-7-15(10-12)20-27(23,24)16-9-8-13(2)17(11-16)19(22)26-14(3)18(21)25-4/h5-11,14,20H,1-4H3/t14-/m1/s1. The molecule has 27 heavy (non-hydrogen) atoms. The molecule has 0 aliphatic heterocycles. The number of aryl methyl sites for hydroxylation is 2. The minimum atomic E-state index is -3.90. The monoisotopic (exact) mass is 391 g/mol. The maximum absolute atomic E-state index is 12.6. The minimum Gasteiger partial charge on any atom is -0.466 e. The van der Waals surface area contributed by atoms with Crippen LogP contribution in [0.2, 0.25) is 0 Å². The first-order valence-electron chi connectivity index (χ1n) is 8.13. The number of sulfonamides is 1. The maximum Gasteiger partial charge on any atom is 0.346 e. The second-order valence-electron chi connectivity index (χ2n) is 6.02. The van der Waals surface area contributed by atoms with E-state index < -0.39 is 28.1 Å². The van der Waals surface area contributed by atoms with Crippen molar-refractivity contribution < 1.29 is 27.5 Å². The molecule has 0 radical (unpaired) electrons. The zero-order valence-corrected chi connectivity index (χ0v) is 16.3. The average molecular weight is 391 g/mol.